The van der Waals surface area contributed by atoms with Crippen LogP contribution < -0.4 is 20.3 Å². The van der Waals surface area contributed by atoms with Crippen LogP contribution in [0.3, 0.4) is 0 Å². The lowest BCUT2D eigenvalue weighted by Gasteiger charge is -2.23. The van der Waals surface area contributed by atoms with Crippen LogP contribution in [-0.2, 0) is 11.3 Å². The molecular formula is C26H29N3O3. The lowest BCUT2D eigenvalue weighted by atomic mass is 10.2. The Morgan fingerprint density at radius 3 is 2.31 bits per heavy atom. The van der Waals surface area contributed by atoms with Gasteiger partial charge in [0.15, 0.2) is 0 Å². The summed E-state index contributed by atoms with van der Waals surface area (Å²) < 4.78 is 5.10. The molecule has 0 aliphatic rings. The van der Waals surface area contributed by atoms with Crippen LogP contribution in [0.2, 0.25) is 0 Å². The van der Waals surface area contributed by atoms with Crippen LogP contribution in [0, 0.1) is 0 Å². The fraction of sp³-hybridized carbons (Fsp3) is 0.231. The van der Waals surface area contributed by atoms with Gasteiger partial charge in [-0.3, -0.25) is 9.59 Å². The molecule has 0 spiro atoms. The predicted molar refractivity (Wildman–Crippen MR) is 128 cm³/mol. The van der Waals surface area contributed by atoms with Gasteiger partial charge in [-0.1, -0.05) is 42.5 Å². The number of nitrogens with zero attached hydrogens (tertiary/aromatic N) is 1. The molecule has 2 N–H and O–H groups in total. The van der Waals surface area contributed by atoms with E-state index in [1.165, 1.54) is 5.56 Å². The minimum absolute atomic E-state index is 0.0794. The molecule has 3 aromatic rings. The van der Waals surface area contributed by atoms with Crippen molar-refractivity contribution in [2.24, 2.45) is 0 Å². The molecule has 0 bridgehead atoms. The Kier molecular flexibility index (Phi) is 8.26. The molecule has 0 unspecified atom stereocenters. The summed E-state index contributed by atoms with van der Waals surface area (Å²) in [6.45, 7) is 1.17. The summed E-state index contributed by atoms with van der Waals surface area (Å²) in [5.41, 5.74) is 3.49. The predicted octanol–water partition coefficient (Wildman–Crippen LogP) is 4.48. The van der Waals surface area contributed by atoms with E-state index >= 15 is 0 Å². The Labute approximate surface area is 189 Å². The zero-order valence-electron chi connectivity index (χ0n) is 18.5. The number of methoxy groups -OCH3 is 1. The van der Waals surface area contributed by atoms with Gasteiger partial charge in [0, 0.05) is 32.1 Å². The molecule has 166 valence electrons. The number of rotatable bonds is 10. The number of hydrogen-bond donors (Lipinski definition) is 2. The topological polar surface area (TPSA) is 70.7 Å². The smallest absolute Gasteiger partial charge is 0.251 e. The van der Waals surface area contributed by atoms with Crippen LogP contribution in [-0.4, -0.2) is 32.5 Å². The summed E-state index contributed by atoms with van der Waals surface area (Å²) in [6.07, 6.45) is 0.870. The van der Waals surface area contributed by atoms with Crippen molar-refractivity contribution in [1.29, 1.82) is 0 Å². The fourth-order valence-electron chi connectivity index (χ4n) is 3.36. The molecule has 0 atom stereocenters. The van der Waals surface area contributed by atoms with E-state index in [2.05, 4.69) is 27.7 Å². The van der Waals surface area contributed by atoms with Crippen molar-refractivity contribution >= 4 is 23.2 Å². The molecule has 0 saturated carbocycles. The first kappa shape index (κ1) is 22.9. The minimum Gasteiger partial charge on any atom is -0.497 e. The van der Waals surface area contributed by atoms with Gasteiger partial charge in [-0.05, 0) is 48.4 Å². The maximum absolute atomic E-state index is 12.5. The summed E-state index contributed by atoms with van der Waals surface area (Å²) in [4.78, 5) is 26.8. The van der Waals surface area contributed by atoms with Crippen LogP contribution in [0.1, 0.15) is 28.8 Å². The highest BCUT2D eigenvalue weighted by molar-refractivity contribution is 5.95. The normalized spacial score (nSPS) is 10.3. The van der Waals surface area contributed by atoms with E-state index in [1.54, 1.807) is 31.4 Å². The van der Waals surface area contributed by atoms with Crippen LogP contribution in [0.15, 0.2) is 78.9 Å². The molecule has 0 aromatic heterocycles. The number of amides is 2. The van der Waals surface area contributed by atoms with Gasteiger partial charge >= 0.3 is 0 Å². The highest BCUT2D eigenvalue weighted by Crippen LogP contribution is 2.26. The summed E-state index contributed by atoms with van der Waals surface area (Å²) >= 11 is 0. The Balaban J connectivity index is 1.47. The maximum Gasteiger partial charge on any atom is 0.251 e. The average Bonchev–Trinajstić information content (AvgIpc) is 2.82. The summed E-state index contributed by atoms with van der Waals surface area (Å²) in [6, 6.07) is 24.9. The van der Waals surface area contributed by atoms with Crippen molar-refractivity contribution in [1.82, 2.24) is 5.32 Å². The van der Waals surface area contributed by atoms with Crippen molar-refractivity contribution in [3.05, 3.63) is 90.0 Å². The van der Waals surface area contributed by atoms with E-state index in [0.29, 0.717) is 30.7 Å². The van der Waals surface area contributed by atoms with E-state index in [4.69, 9.17) is 4.74 Å². The number of hydrogen-bond acceptors (Lipinski definition) is 4. The van der Waals surface area contributed by atoms with Crippen LogP contribution in [0.4, 0.5) is 11.4 Å². The average molecular weight is 432 g/mol. The van der Waals surface area contributed by atoms with E-state index in [-0.39, 0.29) is 11.8 Å². The summed E-state index contributed by atoms with van der Waals surface area (Å²) in [5.74, 6) is 0.457. The van der Waals surface area contributed by atoms with E-state index in [1.807, 2.05) is 49.5 Å². The zero-order valence-corrected chi connectivity index (χ0v) is 18.5. The summed E-state index contributed by atoms with van der Waals surface area (Å²) in [7, 11) is 3.59. The molecular weight excluding hydrogens is 402 g/mol. The van der Waals surface area contributed by atoms with Gasteiger partial charge in [-0.25, -0.2) is 0 Å². The largest absolute Gasteiger partial charge is 0.497 e. The number of nitrogens with one attached hydrogen (secondary N) is 2. The molecule has 6 nitrogen and oxygen atoms in total. The second-order valence-electron chi connectivity index (χ2n) is 7.49. The molecule has 0 radical (unpaired) electrons. The van der Waals surface area contributed by atoms with Crippen molar-refractivity contribution in [2.45, 2.75) is 19.4 Å². The zero-order chi connectivity index (χ0) is 22.8. The molecule has 2 amide bonds. The van der Waals surface area contributed by atoms with Crippen molar-refractivity contribution in [3.63, 3.8) is 0 Å². The first-order chi connectivity index (χ1) is 15.6. The molecule has 0 aliphatic heterocycles. The van der Waals surface area contributed by atoms with E-state index in [9.17, 15) is 9.59 Å². The van der Waals surface area contributed by atoms with Gasteiger partial charge in [0.25, 0.3) is 5.91 Å². The first-order valence-electron chi connectivity index (χ1n) is 10.6. The standard InChI is InChI=1S/C26H29N3O3/c1-29(19-20-9-4-3-5-10-20)24-12-7-6-11-23(24)28-25(30)13-8-18-27-26(31)21-14-16-22(32-2)17-15-21/h3-7,9-12,14-17H,8,13,18-19H2,1-2H3,(H,27,31)(H,28,30). The number of para-hydroxylation sites is 2. The van der Waals surface area contributed by atoms with Gasteiger partial charge in [0.1, 0.15) is 5.75 Å². The second-order valence-corrected chi connectivity index (χ2v) is 7.49. The van der Waals surface area contributed by atoms with Crippen LogP contribution >= 0.6 is 0 Å². The Bertz CT molecular complexity index is 1020. The number of anilines is 2. The van der Waals surface area contributed by atoms with Crippen LogP contribution in [0.5, 0.6) is 5.75 Å². The lowest BCUT2D eigenvalue weighted by molar-refractivity contribution is -0.116. The van der Waals surface area contributed by atoms with Crippen molar-refractivity contribution in [2.75, 3.05) is 30.9 Å². The SMILES string of the molecule is COc1ccc(C(=O)NCCCC(=O)Nc2ccccc2N(C)Cc2ccccc2)cc1. The molecule has 0 aliphatic carbocycles. The van der Waals surface area contributed by atoms with Gasteiger partial charge in [-0.15, -0.1) is 0 Å². The maximum atomic E-state index is 12.5. The highest BCUT2D eigenvalue weighted by atomic mass is 16.5. The molecule has 0 heterocycles. The molecule has 3 aromatic carbocycles. The molecule has 3 rings (SSSR count). The van der Waals surface area contributed by atoms with Crippen molar-refractivity contribution in [3.8, 4) is 5.75 Å². The highest BCUT2D eigenvalue weighted by Gasteiger charge is 2.11. The number of benzene rings is 3. The lowest BCUT2D eigenvalue weighted by Crippen LogP contribution is -2.25. The van der Waals surface area contributed by atoms with E-state index in [0.717, 1.165) is 17.9 Å². The second kappa shape index (κ2) is 11.6. The van der Waals surface area contributed by atoms with Crippen molar-refractivity contribution < 1.29 is 14.3 Å². The Morgan fingerprint density at radius 1 is 0.906 bits per heavy atom. The van der Waals surface area contributed by atoms with Gasteiger partial charge in [-0.2, -0.15) is 0 Å². The van der Waals surface area contributed by atoms with Gasteiger partial charge < -0.3 is 20.3 Å². The van der Waals surface area contributed by atoms with Gasteiger partial charge in [0.2, 0.25) is 5.91 Å². The number of carbonyl (C=O) groups is 2. The van der Waals surface area contributed by atoms with E-state index < -0.39 is 0 Å². The third-order valence-corrected chi connectivity index (χ3v) is 5.07. The van der Waals surface area contributed by atoms with Gasteiger partial charge in [0.05, 0.1) is 18.5 Å². The molecule has 32 heavy (non-hydrogen) atoms. The monoisotopic (exact) mass is 431 g/mol. The Hall–Kier alpha value is -3.80. The fourth-order valence-corrected chi connectivity index (χ4v) is 3.36. The quantitative estimate of drug-likeness (QED) is 0.465. The Morgan fingerprint density at radius 2 is 1.59 bits per heavy atom. The molecule has 0 fully saturated rings. The van der Waals surface area contributed by atoms with Crippen LogP contribution in [0.25, 0.3) is 0 Å². The number of carbonyl (C=O) groups excluding carboxylic acids is 2. The minimum atomic E-state index is -0.166. The third kappa shape index (κ3) is 6.60. The molecule has 6 heteroatoms. The number of ether oxygens (including phenoxy) is 1. The molecule has 0 saturated heterocycles. The summed E-state index contributed by atoms with van der Waals surface area (Å²) in [5, 5.41) is 5.85. The first-order valence-corrected chi connectivity index (χ1v) is 10.6. The third-order valence-electron chi connectivity index (χ3n) is 5.07.